The fourth-order valence-corrected chi connectivity index (χ4v) is 1.97. The number of allylic oxidation sites excluding steroid dienone is 1. The van der Waals surface area contributed by atoms with Gasteiger partial charge in [0.05, 0.1) is 17.9 Å². The number of urea groups is 1. The van der Waals surface area contributed by atoms with Crippen molar-refractivity contribution in [2.45, 2.75) is 26.7 Å². The van der Waals surface area contributed by atoms with Gasteiger partial charge in [-0.1, -0.05) is 17.7 Å². The molecule has 0 spiro atoms. The van der Waals surface area contributed by atoms with Crippen LogP contribution in [0.3, 0.4) is 0 Å². The maximum Gasteiger partial charge on any atom is 0.340 e. The Morgan fingerprint density at radius 3 is 2.71 bits per heavy atom. The van der Waals surface area contributed by atoms with Crippen LogP contribution < -0.4 is 10.6 Å². The molecule has 21 heavy (non-hydrogen) atoms. The summed E-state index contributed by atoms with van der Waals surface area (Å²) in [5, 5.41) is 5.36. The average molecular weight is 288 g/mol. The first-order chi connectivity index (χ1) is 10.1. The highest BCUT2D eigenvalue weighted by atomic mass is 16.5. The van der Waals surface area contributed by atoms with Gasteiger partial charge in [-0.2, -0.15) is 0 Å². The van der Waals surface area contributed by atoms with Crippen molar-refractivity contribution in [1.29, 1.82) is 0 Å². The molecule has 0 atom stereocenters. The van der Waals surface area contributed by atoms with E-state index in [9.17, 15) is 9.59 Å². The molecule has 1 aliphatic carbocycles. The SMILES string of the molecule is CCOC(=O)c1ccccc1NC(=O)N/C=C(\C)C1CC1. The van der Waals surface area contributed by atoms with E-state index in [4.69, 9.17) is 4.74 Å². The molecular formula is C16H20N2O3. The zero-order chi connectivity index (χ0) is 15.2. The zero-order valence-electron chi connectivity index (χ0n) is 12.3. The van der Waals surface area contributed by atoms with Gasteiger partial charge in [0.2, 0.25) is 0 Å². The van der Waals surface area contributed by atoms with Crippen LogP contribution in [-0.4, -0.2) is 18.6 Å². The molecule has 1 saturated carbocycles. The van der Waals surface area contributed by atoms with Gasteiger partial charge >= 0.3 is 12.0 Å². The number of carbonyl (C=O) groups is 2. The van der Waals surface area contributed by atoms with Gasteiger partial charge in [-0.25, -0.2) is 9.59 Å². The van der Waals surface area contributed by atoms with Gasteiger partial charge < -0.3 is 15.4 Å². The first kappa shape index (κ1) is 15.1. The Balaban J connectivity index is 1.99. The number of para-hydroxylation sites is 1. The van der Waals surface area contributed by atoms with Crippen molar-refractivity contribution < 1.29 is 14.3 Å². The van der Waals surface area contributed by atoms with Gasteiger partial charge in [-0.3, -0.25) is 0 Å². The lowest BCUT2D eigenvalue weighted by Gasteiger charge is -2.10. The van der Waals surface area contributed by atoms with Crippen LogP contribution in [0.25, 0.3) is 0 Å². The minimum absolute atomic E-state index is 0.294. The Bertz CT molecular complexity index is 562. The van der Waals surface area contributed by atoms with Crippen molar-refractivity contribution in [1.82, 2.24) is 5.32 Å². The standard InChI is InChI=1S/C16H20N2O3/c1-3-21-15(19)13-6-4-5-7-14(13)18-16(20)17-10-11(2)12-8-9-12/h4-7,10,12H,3,8-9H2,1-2H3,(H2,17,18,20)/b11-10+. The lowest BCUT2D eigenvalue weighted by atomic mass is 10.2. The predicted octanol–water partition coefficient (Wildman–Crippen LogP) is 3.30. The molecule has 1 aliphatic rings. The number of anilines is 1. The van der Waals surface area contributed by atoms with Crippen molar-refractivity contribution in [3.63, 3.8) is 0 Å². The molecule has 0 aliphatic heterocycles. The number of ether oxygens (including phenoxy) is 1. The Labute approximate surface area is 124 Å². The largest absolute Gasteiger partial charge is 0.462 e. The van der Waals surface area contributed by atoms with E-state index >= 15 is 0 Å². The van der Waals surface area contributed by atoms with Crippen molar-refractivity contribution in [2.75, 3.05) is 11.9 Å². The highest BCUT2D eigenvalue weighted by Gasteiger charge is 2.23. The van der Waals surface area contributed by atoms with Crippen LogP contribution in [0.5, 0.6) is 0 Å². The molecule has 0 radical (unpaired) electrons. The highest BCUT2D eigenvalue weighted by molar-refractivity contribution is 6.00. The van der Waals surface area contributed by atoms with Gasteiger partial charge in [0.15, 0.2) is 0 Å². The van der Waals surface area contributed by atoms with Gasteiger partial charge in [-0.15, -0.1) is 0 Å². The maximum absolute atomic E-state index is 11.9. The second-order valence-electron chi connectivity index (χ2n) is 5.03. The smallest absolute Gasteiger partial charge is 0.340 e. The molecule has 112 valence electrons. The molecule has 5 nitrogen and oxygen atoms in total. The average Bonchev–Trinajstić information content (AvgIpc) is 3.30. The number of amides is 2. The van der Waals surface area contributed by atoms with Gasteiger partial charge in [0.1, 0.15) is 0 Å². The van der Waals surface area contributed by atoms with Gasteiger partial charge in [0, 0.05) is 6.20 Å². The summed E-state index contributed by atoms with van der Waals surface area (Å²) in [4.78, 5) is 23.7. The van der Waals surface area contributed by atoms with Crippen LogP contribution in [-0.2, 0) is 4.74 Å². The lowest BCUT2D eigenvalue weighted by Crippen LogP contribution is -2.25. The lowest BCUT2D eigenvalue weighted by molar-refractivity contribution is 0.0527. The molecule has 1 aromatic carbocycles. The zero-order valence-corrected chi connectivity index (χ0v) is 12.3. The molecule has 2 rings (SSSR count). The normalized spacial score (nSPS) is 14.5. The Hall–Kier alpha value is -2.30. The number of rotatable bonds is 5. The van der Waals surface area contributed by atoms with E-state index in [0.717, 1.165) is 0 Å². The molecule has 2 amide bonds. The Kier molecular flexibility index (Phi) is 4.98. The third-order valence-corrected chi connectivity index (χ3v) is 3.32. The molecular weight excluding hydrogens is 268 g/mol. The molecule has 5 heteroatoms. The highest BCUT2D eigenvalue weighted by Crippen LogP contribution is 2.35. The summed E-state index contributed by atoms with van der Waals surface area (Å²) < 4.78 is 4.97. The van der Waals surface area contributed by atoms with E-state index in [1.807, 2.05) is 6.92 Å². The summed E-state index contributed by atoms with van der Waals surface area (Å²) in [6.07, 6.45) is 4.11. The van der Waals surface area contributed by atoms with E-state index in [1.54, 1.807) is 37.4 Å². The van der Waals surface area contributed by atoms with E-state index in [2.05, 4.69) is 10.6 Å². The summed E-state index contributed by atoms with van der Waals surface area (Å²) in [5.74, 6) is 0.162. The molecule has 0 unspecified atom stereocenters. The number of nitrogens with one attached hydrogen (secondary N) is 2. The van der Waals surface area contributed by atoms with E-state index < -0.39 is 5.97 Å². The summed E-state index contributed by atoms with van der Waals surface area (Å²) in [7, 11) is 0. The summed E-state index contributed by atoms with van der Waals surface area (Å²) in [6, 6.07) is 6.41. The van der Waals surface area contributed by atoms with E-state index in [1.165, 1.54) is 18.4 Å². The summed E-state index contributed by atoms with van der Waals surface area (Å²) >= 11 is 0. The molecule has 0 aromatic heterocycles. The minimum atomic E-state index is -0.446. The number of hydrogen-bond donors (Lipinski definition) is 2. The van der Waals surface area contributed by atoms with Crippen LogP contribution in [0.2, 0.25) is 0 Å². The monoisotopic (exact) mass is 288 g/mol. The summed E-state index contributed by atoms with van der Waals surface area (Å²) in [5.41, 5.74) is 1.95. The van der Waals surface area contributed by atoms with Crippen LogP contribution in [0.1, 0.15) is 37.0 Å². The maximum atomic E-state index is 11.9. The first-order valence-corrected chi connectivity index (χ1v) is 7.12. The third kappa shape index (κ3) is 4.34. The van der Waals surface area contributed by atoms with Crippen molar-refractivity contribution in [3.05, 3.63) is 41.6 Å². The van der Waals surface area contributed by atoms with Crippen molar-refractivity contribution in [3.8, 4) is 0 Å². The molecule has 0 saturated heterocycles. The topological polar surface area (TPSA) is 67.4 Å². The fraction of sp³-hybridized carbons (Fsp3) is 0.375. The minimum Gasteiger partial charge on any atom is -0.462 e. The molecule has 0 heterocycles. The Morgan fingerprint density at radius 1 is 1.33 bits per heavy atom. The van der Waals surface area contributed by atoms with Crippen LogP contribution in [0.4, 0.5) is 10.5 Å². The second kappa shape index (κ2) is 6.92. The number of benzene rings is 1. The first-order valence-electron chi connectivity index (χ1n) is 7.12. The predicted molar refractivity (Wildman–Crippen MR) is 81.0 cm³/mol. The van der Waals surface area contributed by atoms with Crippen molar-refractivity contribution in [2.24, 2.45) is 5.92 Å². The van der Waals surface area contributed by atoms with Crippen LogP contribution >= 0.6 is 0 Å². The molecule has 1 fully saturated rings. The van der Waals surface area contributed by atoms with Gasteiger partial charge in [-0.05, 0) is 44.7 Å². The summed E-state index contributed by atoms with van der Waals surface area (Å²) in [6.45, 7) is 4.04. The van der Waals surface area contributed by atoms with Crippen molar-refractivity contribution >= 4 is 17.7 Å². The number of esters is 1. The van der Waals surface area contributed by atoms with E-state index in [-0.39, 0.29) is 6.03 Å². The molecule has 2 N–H and O–H groups in total. The Morgan fingerprint density at radius 2 is 2.05 bits per heavy atom. The molecule has 1 aromatic rings. The molecule has 0 bridgehead atoms. The van der Waals surface area contributed by atoms with Crippen LogP contribution in [0.15, 0.2) is 36.0 Å². The fourth-order valence-electron chi connectivity index (χ4n) is 1.97. The number of hydrogen-bond acceptors (Lipinski definition) is 3. The van der Waals surface area contributed by atoms with Gasteiger partial charge in [0.25, 0.3) is 0 Å². The van der Waals surface area contributed by atoms with Crippen LogP contribution in [0, 0.1) is 5.92 Å². The third-order valence-electron chi connectivity index (χ3n) is 3.32. The van der Waals surface area contributed by atoms with E-state index in [0.29, 0.717) is 23.8 Å². The second-order valence-corrected chi connectivity index (χ2v) is 5.03. The number of carbonyl (C=O) groups excluding carboxylic acids is 2. The quantitative estimate of drug-likeness (QED) is 0.817.